The molecule has 1 atom stereocenters. The normalized spacial score (nSPS) is 28.4. The molecule has 0 aromatic carbocycles. The Labute approximate surface area is 78.3 Å². The summed E-state index contributed by atoms with van der Waals surface area (Å²) < 4.78 is 5.67. The summed E-state index contributed by atoms with van der Waals surface area (Å²) in [5.41, 5.74) is 0. The van der Waals surface area contributed by atoms with Crippen LogP contribution in [0.25, 0.3) is 0 Å². The molecule has 4 heteroatoms. The first-order valence-electron chi connectivity index (χ1n) is 4.66. The minimum Gasteiger partial charge on any atom is -0.460 e. The van der Waals surface area contributed by atoms with Crippen molar-refractivity contribution in [1.29, 1.82) is 0 Å². The maximum absolute atomic E-state index is 5.67. The molecule has 2 aliphatic heterocycles. The van der Waals surface area contributed by atoms with Gasteiger partial charge in [0.2, 0.25) is 0 Å². The number of hydrogen-bond donors (Lipinski definition) is 1. The highest BCUT2D eigenvalue weighted by Gasteiger charge is 2.22. The molecule has 2 aliphatic rings. The van der Waals surface area contributed by atoms with Crippen LogP contribution in [0.15, 0.2) is 17.3 Å². The second-order valence-corrected chi connectivity index (χ2v) is 3.48. The molecule has 4 nitrogen and oxygen atoms in total. The zero-order valence-corrected chi connectivity index (χ0v) is 7.86. The van der Waals surface area contributed by atoms with Crippen molar-refractivity contribution < 1.29 is 4.74 Å². The largest absolute Gasteiger partial charge is 0.460 e. The van der Waals surface area contributed by atoms with Gasteiger partial charge in [0, 0.05) is 19.3 Å². The summed E-state index contributed by atoms with van der Waals surface area (Å²) >= 11 is 0. The highest BCUT2D eigenvalue weighted by atomic mass is 16.5. The predicted molar refractivity (Wildman–Crippen MR) is 51.6 cm³/mol. The second-order valence-electron chi connectivity index (χ2n) is 3.48. The van der Waals surface area contributed by atoms with Crippen LogP contribution in [0.4, 0.5) is 0 Å². The second kappa shape index (κ2) is 3.79. The van der Waals surface area contributed by atoms with Crippen molar-refractivity contribution in [3.05, 3.63) is 12.3 Å². The molecule has 0 bridgehead atoms. The molecule has 0 aliphatic carbocycles. The Hall–Kier alpha value is -1.03. The van der Waals surface area contributed by atoms with Crippen molar-refractivity contribution in [2.45, 2.75) is 12.5 Å². The van der Waals surface area contributed by atoms with Gasteiger partial charge in [-0.3, -0.25) is 0 Å². The van der Waals surface area contributed by atoms with Crippen LogP contribution < -0.4 is 5.32 Å². The fraction of sp³-hybridized carbons (Fsp3) is 0.667. The first kappa shape index (κ1) is 8.56. The lowest BCUT2D eigenvalue weighted by Gasteiger charge is -2.16. The number of hydrogen-bond acceptors (Lipinski definition) is 4. The molecule has 2 heterocycles. The quantitative estimate of drug-likeness (QED) is 0.627. The van der Waals surface area contributed by atoms with Crippen LogP contribution in [0.5, 0.6) is 0 Å². The van der Waals surface area contributed by atoms with Crippen molar-refractivity contribution in [3.63, 3.8) is 0 Å². The fourth-order valence-electron chi connectivity index (χ4n) is 1.58. The molecule has 0 aromatic rings. The van der Waals surface area contributed by atoms with E-state index in [1.54, 1.807) is 0 Å². The Morgan fingerprint density at radius 2 is 2.62 bits per heavy atom. The molecule has 1 unspecified atom stereocenters. The molecule has 1 N–H and O–H groups in total. The maximum atomic E-state index is 5.67. The van der Waals surface area contributed by atoms with Crippen LogP contribution in [-0.4, -0.2) is 43.7 Å². The number of likely N-dealkylation sites (N-methyl/N-ethyl adjacent to an activating group) is 1. The Kier molecular flexibility index (Phi) is 2.49. The van der Waals surface area contributed by atoms with E-state index in [-0.39, 0.29) is 0 Å². The Balaban J connectivity index is 1.81. The number of nitrogens with one attached hydrogen (secondary N) is 1. The highest BCUT2D eigenvalue weighted by Crippen LogP contribution is 2.10. The van der Waals surface area contributed by atoms with Gasteiger partial charge in [-0.2, -0.15) is 0 Å². The maximum Gasteiger partial charge on any atom is 0.289 e. The van der Waals surface area contributed by atoms with Gasteiger partial charge in [-0.1, -0.05) is 0 Å². The van der Waals surface area contributed by atoms with Gasteiger partial charge in [0.15, 0.2) is 0 Å². The van der Waals surface area contributed by atoms with Crippen LogP contribution in [0, 0.1) is 0 Å². The molecular formula is C9H15N3O. The molecule has 0 spiro atoms. The SMILES string of the molecule is CN1CCC(OC2=NCC=CN2)C1. The van der Waals surface area contributed by atoms with Crippen LogP contribution in [0.1, 0.15) is 6.42 Å². The third-order valence-corrected chi connectivity index (χ3v) is 2.29. The van der Waals surface area contributed by atoms with Crippen LogP contribution in [-0.2, 0) is 4.74 Å². The third kappa shape index (κ3) is 2.21. The molecule has 1 fully saturated rings. The van der Waals surface area contributed by atoms with Gasteiger partial charge in [-0.25, -0.2) is 4.99 Å². The zero-order valence-electron chi connectivity index (χ0n) is 7.86. The minimum atomic E-state index is 0.308. The molecule has 13 heavy (non-hydrogen) atoms. The number of nitrogens with zero attached hydrogens (tertiary/aromatic N) is 2. The van der Waals surface area contributed by atoms with E-state index in [1.165, 1.54) is 0 Å². The Bertz CT molecular complexity index is 237. The van der Waals surface area contributed by atoms with E-state index in [4.69, 9.17) is 4.74 Å². The fourth-order valence-corrected chi connectivity index (χ4v) is 1.58. The van der Waals surface area contributed by atoms with Gasteiger partial charge in [0.25, 0.3) is 6.02 Å². The van der Waals surface area contributed by atoms with E-state index in [2.05, 4.69) is 22.3 Å². The van der Waals surface area contributed by atoms with Crippen molar-refractivity contribution in [2.75, 3.05) is 26.7 Å². The first-order chi connectivity index (χ1) is 6.34. The topological polar surface area (TPSA) is 36.9 Å². The van der Waals surface area contributed by atoms with Gasteiger partial charge in [-0.05, 0) is 19.5 Å². The smallest absolute Gasteiger partial charge is 0.289 e. The highest BCUT2D eigenvalue weighted by molar-refractivity contribution is 5.75. The first-order valence-corrected chi connectivity index (χ1v) is 4.66. The summed E-state index contributed by atoms with van der Waals surface area (Å²) in [5.74, 6) is 0. The van der Waals surface area contributed by atoms with Gasteiger partial charge in [0.1, 0.15) is 6.10 Å². The van der Waals surface area contributed by atoms with E-state index < -0.39 is 0 Å². The predicted octanol–water partition coefficient (Wildman–Crippen LogP) is 0.180. The van der Waals surface area contributed by atoms with Crippen LogP contribution in [0.2, 0.25) is 0 Å². The molecule has 72 valence electrons. The summed E-state index contributed by atoms with van der Waals surface area (Å²) in [4.78, 5) is 6.46. The van der Waals surface area contributed by atoms with Crippen molar-refractivity contribution in [3.8, 4) is 0 Å². The standard InChI is InChI=1S/C9H15N3O/c1-12-6-3-8(7-12)13-9-10-4-2-5-11-9/h2,4,8H,3,5-7H2,1H3,(H,10,11). The number of rotatable bonds is 1. The van der Waals surface area contributed by atoms with Gasteiger partial charge >= 0.3 is 0 Å². The molecule has 0 amide bonds. The number of likely N-dealkylation sites (tertiary alicyclic amines) is 1. The summed E-state index contributed by atoms with van der Waals surface area (Å²) in [5, 5.41) is 2.99. The van der Waals surface area contributed by atoms with E-state index in [1.807, 2.05) is 12.3 Å². The van der Waals surface area contributed by atoms with E-state index in [0.29, 0.717) is 12.1 Å². The Morgan fingerprint density at radius 3 is 3.23 bits per heavy atom. The lowest BCUT2D eigenvalue weighted by molar-refractivity contribution is 0.187. The number of ether oxygens (including phenoxy) is 1. The molecule has 2 rings (SSSR count). The van der Waals surface area contributed by atoms with Gasteiger partial charge in [0.05, 0.1) is 6.54 Å². The molecular weight excluding hydrogens is 166 g/mol. The monoisotopic (exact) mass is 181 g/mol. The number of aliphatic imine (C=N–C) groups is 1. The molecule has 1 saturated heterocycles. The van der Waals surface area contributed by atoms with E-state index in [9.17, 15) is 0 Å². The summed E-state index contributed by atoms with van der Waals surface area (Å²) in [6, 6.07) is 0.669. The summed E-state index contributed by atoms with van der Waals surface area (Å²) in [6.45, 7) is 2.85. The summed E-state index contributed by atoms with van der Waals surface area (Å²) in [7, 11) is 2.11. The summed E-state index contributed by atoms with van der Waals surface area (Å²) in [6.07, 6.45) is 5.25. The molecule has 0 aromatic heterocycles. The average Bonchev–Trinajstić information content (AvgIpc) is 2.53. The van der Waals surface area contributed by atoms with Gasteiger partial charge in [-0.15, -0.1) is 0 Å². The zero-order chi connectivity index (χ0) is 9.10. The molecule has 0 saturated carbocycles. The Morgan fingerprint density at radius 1 is 1.69 bits per heavy atom. The average molecular weight is 181 g/mol. The van der Waals surface area contributed by atoms with Crippen LogP contribution >= 0.6 is 0 Å². The van der Waals surface area contributed by atoms with Crippen LogP contribution in [0.3, 0.4) is 0 Å². The lowest BCUT2D eigenvalue weighted by Crippen LogP contribution is -2.30. The van der Waals surface area contributed by atoms with Crippen molar-refractivity contribution in [1.82, 2.24) is 10.2 Å². The van der Waals surface area contributed by atoms with Crippen molar-refractivity contribution >= 4 is 6.02 Å². The van der Waals surface area contributed by atoms with Crippen molar-refractivity contribution in [2.24, 2.45) is 4.99 Å². The molecule has 0 radical (unpaired) electrons. The van der Waals surface area contributed by atoms with Gasteiger partial charge < -0.3 is 15.0 Å². The minimum absolute atomic E-state index is 0.308. The van der Waals surface area contributed by atoms with E-state index in [0.717, 1.165) is 26.1 Å². The van der Waals surface area contributed by atoms with E-state index >= 15 is 0 Å². The third-order valence-electron chi connectivity index (χ3n) is 2.29. The lowest BCUT2D eigenvalue weighted by atomic mass is 10.3. The number of amidine groups is 1.